The molecule has 6 nitrogen and oxygen atoms in total. The summed E-state index contributed by atoms with van der Waals surface area (Å²) in [7, 11) is 0. The third-order valence-electron chi connectivity index (χ3n) is 4.69. The molecule has 4 rings (SSSR count). The van der Waals surface area contributed by atoms with Gasteiger partial charge in [0, 0.05) is 5.92 Å². The van der Waals surface area contributed by atoms with Gasteiger partial charge in [0.05, 0.1) is 22.2 Å². The van der Waals surface area contributed by atoms with Crippen LogP contribution in [-0.2, 0) is 0 Å². The molecule has 0 atom stereocenters. The van der Waals surface area contributed by atoms with E-state index in [0.717, 1.165) is 24.1 Å². The number of fused-ring (bicyclic) bond motifs is 1. The second-order valence-electron chi connectivity index (χ2n) is 6.16. The summed E-state index contributed by atoms with van der Waals surface area (Å²) in [6, 6.07) is 7.31. The van der Waals surface area contributed by atoms with E-state index in [1.54, 1.807) is 6.07 Å². The lowest BCUT2D eigenvalue weighted by molar-refractivity contribution is 0.437. The van der Waals surface area contributed by atoms with Crippen molar-refractivity contribution in [2.24, 2.45) is 0 Å². The summed E-state index contributed by atoms with van der Waals surface area (Å²) in [5.41, 5.74) is 8.34. The van der Waals surface area contributed by atoms with Gasteiger partial charge < -0.3 is 10.7 Å². The van der Waals surface area contributed by atoms with Crippen molar-refractivity contribution in [1.29, 1.82) is 0 Å². The van der Waals surface area contributed by atoms with Crippen LogP contribution in [0.2, 0.25) is 0 Å². The summed E-state index contributed by atoms with van der Waals surface area (Å²) in [6.45, 7) is 0. The minimum absolute atomic E-state index is 0.152. The van der Waals surface area contributed by atoms with Crippen molar-refractivity contribution in [3.63, 3.8) is 0 Å². The lowest BCUT2D eigenvalue weighted by Crippen LogP contribution is -2.12. The molecule has 0 unspecified atom stereocenters. The van der Waals surface area contributed by atoms with Crippen molar-refractivity contribution >= 4 is 16.7 Å². The second kappa shape index (κ2) is 5.53. The molecule has 23 heavy (non-hydrogen) atoms. The van der Waals surface area contributed by atoms with Gasteiger partial charge in [0.25, 0.3) is 5.56 Å². The van der Waals surface area contributed by atoms with Gasteiger partial charge in [0.1, 0.15) is 5.82 Å². The number of rotatable bonds is 2. The third kappa shape index (κ3) is 2.40. The van der Waals surface area contributed by atoms with Crippen LogP contribution in [0.4, 0.5) is 5.82 Å². The molecule has 3 aromatic rings. The van der Waals surface area contributed by atoms with E-state index >= 15 is 0 Å². The molecule has 0 aliphatic heterocycles. The van der Waals surface area contributed by atoms with Gasteiger partial charge in [-0.15, -0.1) is 0 Å². The monoisotopic (exact) mass is 309 g/mol. The number of nitrogen functional groups attached to an aromatic ring is 1. The summed E-state index contributed by atoms with van der Waals surface area (Å²) in [6.07, 6.45) is 5.94. The zero-order valence-electron chi connectivity index (χ0n) is 12.8. The minimum atomic E-state index is -0.152. The van der Waals surface area contributed by atoms with E-state index in [0.29, 0.717) is 28.5 Å². The van der Waals surface area contributed by atoms with E-state index in [-0.39, 0.29) is 5.56 Å². The Balaban J connectivity index is 1.87. The van der Waals surface area contributed by atoms with Crippen LogP contribution >= 0.6 is 0 Å². The van der Waals surface area contributed by atoms with Gasteiger partial charge in [-0.1, -0.05) is 31.4 Å². The van der Waals surface area contributed by atoms with E-state index in [4.69, 9.17) is 5.73 Å². The minimum Gasteiger partial charge on any atom is -0.382 e. The predicted molar refractivity (Wildman–Crippen MR) is 90.2 cm³/mol. The lowest BCUT2D eigenvalue weighted by Gasteiger charge is -2.21. The van der Waals surface area contributed by atoms with Gasteiger partial charge in [0.2, 0.25) is 0 Å². The Kier molecular flexibility index (Phi) is 3.37. The first-order valence-electron chi connectivity index (χ1n) is 8.07. The Morgan fingerprint density at radius 1 is 1.13 bits per heavy atom. The van der Waals surface area contributed by atoms with E-state index < -0.39 is 0 Å². The summed E-state index contributed by atoms with van der Waals surface area (Å²) in [4.78, 5) is 19.8. The smallest absolute Gasteiger partial charge is 0.259 e. The zero-order chi connectivity index (χ0) is 15.8. The quantitative estimate of drug-likeness (QED) is 0.677. The molecule has 0 amide bonds. The standard InChI is InChI=1S/C17H19N5O/c18-15-13(14(21-22-15)10-6-2-1-3-7-10)16-19-12-9-5-4-8-11(12)17(23)20-16/h4-5,8-10H,1-3,6-7H2,(H3,18,21,22)(H,19,20,23). The van der Waals surface area contributed by atoms with E-state index in [9.17, 15) is 4.79 Å². The zero-order valence-corrected chi connectivity index (χ0v) is 12.8. The number of anilines is 1. The SMILES string of the molecule is Nc1n[nH]c(C2CCCCC2)c1-c1nc2ccccc2c(=O)[nH]1. The van der Waals surface area contributed by atoms with Gasteiger partial charge >= 0.3 is 0 Å². The molecule has 0 spiro atoms. The maximum atomic E-state index is 12.3. The number of nitrogens with one attached hydrogen (secondary N) is 2. The van der Waals surface area contributed by atoms with Gasteiger partial charge in [0.15, 0.2) is 5.82 Å². The molecule has 1 aliphatic carbocycles. The molecule has 2 heterocycles. The largest absolute Gasteiger partial charge is 0.382 e. The highest BCUT2D eigenvalue weighted by Crippen LogP contribution is 2.38. The summed E-state index contributed by atoms with van der Waals surface area (Å²) >= 11 is 0. The number of aromatic amines is 2. The van der Waals surface area contributed by atoms with Crippen LogP contribution in [0, 0.1) is 0 Å². The average Bonchev–Trinajstić information content (AvgIpc) is 2.97. The summed E-state index contributed by atoms with van der Waals surface area (Å²) in [5.74, 6) is 1.30. The van der Waals surface area contributed by atoms with Crippen LogP contribution in [0.5, 0.6) is 0 Å². The number of hydrogen-bond donors (Lipinski definition) is 3. The number of nitrogens with two attached hydrogens (primary N) is 1. The van der Waals surface area contributed by atoms with E-state index in [1.807, 2.05) is 18.2 Å². The fraction of sp³-hybridized carbons (Fsp3) is 0.353. The third-order valence-corrected chi connectivity index (χ3v) is 4.69. The highest BCUT2D eigenvalue weighted by atomic mass is 16.1. The molecule has 1 aliphatic rings. The van der Waals surface area contributed by atoms with Crippen molar-refractivity contribution in [2.45, 2.75) is 38.0 Å². The van der Waals surface area contributed by atoms with Crippen LogP contribution in [0.25, 0.3) is 22.3 Å². The molecular weight excluding hydrogens is 290 g/mol. The first kappa shape index (κ1) is 14.0. The Morgan fingerprint density at radius 2 is 1.91 bits per heavy atom. The molecule has 1 aromatic carbocycles. The number of nitrogens with zero attached hydrogens (tertiary/aromatic N) is 2. The second-order valence-corrected chi connectivity index (χ2v) is 6.16. The Morgan fingerprint density at radius 3 is 2.74 bits per heavy atom. The first-order chi connectivity index (χ1) is 11.2. The first-order valence-corrected chi connectivity index (χ1v) is 8.07. The molecule has 118 valence electrons. The van der Waals surface area contributed by atoms with Gasteiger partial charge in [-0.05, 0) is 25.0 Å². The highest BCUT2D eigenvalue weighted by molar-refractivity contribution is 5.81. The Bertz CT molecular complexity index is 905. The topological polar surface area (TPSA) is 100 Å². The normalized spacial score (nSPS) is 16.0. The lowest BCUT2D eigenvalue weighted by atomic mass is 9.85. The number of para-hydroxylation sites is 1. The molecule has 1 fully saturated rings. The predicted octanol–water partition coefficient (Wildman–Crippen LogP) is 2.94. The number of aromatic nitrogens is 4. The van der Waals surface area contributed by atoms with Crippen LogP contribution < -0.4 is 11.3 Å². The Labute approximate surface area is 133 Å². The molecule has 0 bridgehead atoms. The molecular formula is C17H19N5O. The molecule has 0 radical (unpaired) electrons. The van der Waals surface area contributed by atoms with Crippen molar-refractivity contribution in [1.82, 2.24) is 20.2 Å². The average molecular weight is 309 g/mol. The van der Waals surface area contributed by atoms with Crippen molar-refractivity contribution in [3.05, 3.63) is 40.3 Å². The van der Waals surface area contributed by atoms with Crippen molar-refractivity contribution in [3.8, 4) is 11.4 Å². The van der Waals surface area contributed by atoms with E-state index in [1.165, 1.54) is 19.3 Å². The fourth-order valence-corrected chi connectivity index (χ4v) is 3.51. The maximum Gasteiger partial charge on any atom is 0.259 e. The van der Waals surface area contributed by atoms with E-state index in [2.05, 4.69) is 20.2 Å². The van der Waals surface area contributed by atoms with Crippen LogP contribution in [0.1, 0.15) is 43.7 Å². The van der Waals surface area contributed by atoms with Crippen LogP contribution in [0.3, 0.4) is 0 Å². The molecule has 1 saturated carbocycles. The van der Waals surface area contributed by atoms with Gasteiger partial charge in [-0.25, -0.2) is 4.98 Å². The van der Waals surface area contributed by atoms with Crippen molar-refractivity contribution in [2.75, 3.05) is 5.73 Å². The van der Waals surface area contributed by atoms with Crippen LogP contribution in [0.15, 0.2) is 29.1 Å². The molecule has 6 heteroatoms. The summed E-state index contributed by atoms with van der Waals surface area (Å²) < 4.78 is 0. The maximum absolute atomic E-state index is 12.3. The number of benzene rings is 1. The number of hydrogen-bond acceptors (Lipinski definition) is 4. The summed E-state index contributed by atoms with van der Waals surface area (Å²) in [5, 5.41) is 7.82. The number of H-pyrrole nitrogens is 2. The molecule has 0 saturated heterocycles. The molecule has 4 N–H and O–H groups in total. The Hall–Kier alpha value is -2.63. The van der Waals surface area contributed by atoms with Crippen LogP contribution in [-0.4, -0.2) is 20.2 Å². The molecule has 2 aromatic heterocycles. The highest BCUT2D eigenvalue weighted by Gasteiger charge is 2.24. The van der Waals surface area contributed by atoms with Gasteiger partial charge in [-0.2, -0.15) is 5.10 Å². The van der Waals surface area contributed by atoms with Crippen molar-refractivity contribution < 1.29 is 0 Å². The van der Waals surface area contributed by atoms with Gasteiger partial charge in [-0.3, -0.25) is 9.89 Å². The fourth-order valence-electron chi connectivity index (χ4n) is 3.51.